The van der Waals surface area contributed by atoms with Crippen molar-refractivity contribution in [3.8, 4) is 0 Å². The van der Waals surface area contributed by atoms with Crippen molar-refractivity contribution in [2.24, 2.45) is 0 Å². The summed E-state index contributed by atoms with van der Waals surface area (Å²) in [5.41, 5.74) is 2.64. The Morgan fingerprint density at radius 1 is 1.00 bits per heavy atom. The minimum atomic E-state index is -0.948. The van der Waals surface area contributed by atoms with E-state index >= 15 is 0 Å². The van der Waals surface area contributed by atoms with Crippen molar-refractivity contribution in [2.75, 3.05) is 18.0 Å². The monoisotopic (exact) mass is 348 g/mol. The number of hydrogen-bond acceptors (Lipinski definition) is 3. The van der Waals surface area contributed by atoms with E-state index in [2.05, 4.69) is 48.3 Å². The van der Waals surface area contributed by atoms with Gasteiger partial charge in [-0.15, -0.1) is 0 Å². The molecule has 0 saturated heterocycles. The standard InChI is InChI=1S/C20H26F2N2O/c1-4-24(5-2)17-9-6-15(7-10-17)13-23-14(3)20(25)16-8-11-18(21)19(22)12-16/h6-12,14,20,23,25H,4-5,13H2,1-3H3/t14-,20+/m1/s1. The van der Waals surface area contributed by atoms with E-state index in [4.69, 9.17) is 0 Å². The minimum absolute atomic E-state index is 0.299. The second kappa shape index (κ2) is 8.92. The fourth-order valence-electron chi connectivity index (χ4n) is 2.79. The second-order valence-corrected chi connectivity index (χ2v) is 6.13. The van der Waals surface area contributed by atoms with Crippen molar-refractivity contribution in [1.82, 2.24) is 5.32 Å². The van der Waals surface area contributed by atoms with Crippen molar-refractivity contribution in [3.05, 3.63) is 65.2 Å². The van der Waals surface area contributed by atoms with Crippen molar-refractivity contribution in [1.29, 1.82) is 0 Å². The van der Waals surface area contributed by atoms with Crippen LogP contribution < -0.4 is 10.2 Å². The summed E-state index contributed by atoms with van der Waals surface area (Å²) in [6, 6.07) is 11.5. The first kappa shape index (κ1) is 19.3. The Morgan fingerprint density at radius 3 is 2.20 bits per heavy atom. The molecule has 5 heteroatoms. The van der Waals surface area contributed by atoms with Gasteiger partial charge in [0.1, 0.15) is 0 Å². The highest BCUT2D eigenvalue weighted by Gasteiger charge is 2.17. The number of aliphatic hydroxyl groups is 1. The van der Waals surface area contributed by atoms with E-state index in [0.717, 1.165) is 30.8 Å². The molecule has 2 aromatic rings. The van der Waals surface area contributed by atoms with Crippen LogP contribution in [-0.4, -0.2) is 24.2 Å². The topological polar surface area (TPSA) is 35.5 Å². The van der Waals surface area contributed by atoms with Crippen LogP contribution in [0.2, 0.25) is 0 Å². The zero-order chi connectivity index (χ0) is 18.4. The maximum Gasteiger partial charge on any atom is 0.159 e. The van der Waals surface area contributed by atoms with Gasteiger partial charge in [-0.1, -0.05) is 18.2 Å². The van der Waals surface area contributed by atoms with Gasteiger partial charge in [0.2, 0.25) is 0 Å². The summed E-state index contributed by atoms with van der Waals surface area (Å²) in [7, 11) is 0. The van der Waals surface area contributed by atoms with Crippen LogP contribution in [0, 0.1) is 11.6 Å². The predicted molar refractivity (Wildman–Crippen MR) is 97.6 cm³/mol. The molecule has 0 saturated carbocycles. The minimum Gasteiger partial charge on any atom is -0.387 e. The highest BCUT2D eigenvalue weighted by molar-refractivity contribution is 5.47. The first-order valence-electron chi connectivity index (χ1n) is 8.66. The average Bonchev–Trinajstić information content (AvgIpc) is 2.63. The van der Waals surface area contributed by atoms with Crippen LogP contribution in [-0.2, 0) is 6.54 Å². The molecule has 2 atom stereocenters. The van der Waals surface area contributed by atoms with Crippen molar-refractivity contribution >= 4 is 5.69 Å². The highest BCUT2D eigenvalue weighted by atomic mass is 19.2. The van der Waals surface area contributed by atoms with Crippen LogP contribution in [0.3, 0.4) is 0 Å². The molecule has 0 spiro atoms. The summed E-state index contributed by atoms with van der Waals surface area (Å²) < 4.78 is 26.3. The first-order chi connectivity index (χ1) is 12.0. The van der Waals surface area contributed by atoms with Crippen LogP contribution in [0.15, 0.2) is 42.5 Å². The lowest BCUT2D eigenvalue weighted by Crippen LogP contribution is -2.31. The van der Waals surface area contributed by atoms with Gasteiger partial charge in [0.05, 0.1) is 6.10 Å². The SMILES string of the molecule is CCN(CC)c1ccc(CN[C@H](C)[C@H](O)c2ccc(F)c(F)c2)cc1. The summed E-state index contributed by atoms with van der Waals surface area (Å²) >= 11 is 0. The van der Waals surface area contributed by atoms with Crippen molar-refractivity contribution in [3.63, 3.8) is 0 Å². The summed E-state index contributed by atoms with van der Waals surface area (Å²) in [5, 5.41) is 13.5. The second-order valence-electron chi connectivity index (χ2n) is 6.13. The Balaban J connectivity index is 1.94. The van der Waals surface area contributed by atoms with E-state index in [0.29, 0.717) is 12.1 Å². The average molecular weight is 348 g/mol. The van der Waals surface area contributed by atoms with Crippen molar-refractivity contribution < 1.29 is 13.9 Å². The smallest absolute Gasteiger partial charge is 0.159 e. The summed E-state index contributed by atoms with van der Waals surface area (Å²) in [4.78, 5) is 2.27. The van der Waals surface area contributed by atoms with Gasteiger partial charge in [0, 0.05) is 31.4 Å². The van der Waals surface area contributed by atoms with E-state index < -0.39 is 17.7 Å². The lowest BCUT2D eigenvalue weighted by atomic mass is 10.0. The molecule has 0 heterocycles. The maximum atomic E-state index is 13.3. The van der Waals surface area contributed by atoms with Crippen molar-refractivity contribution in [2.45, 2.75) is 39.5 Å². The van der Waals surface area contributed by atoms with E-state index in [1.807, 2.05) is 6.92 Å². The number of anilines is 1. The Morgan fingerprint density at radius 2 is 1.64 bits per heavy atom. The first-order valence-corrected chi connectivity index (χ1v) is 8.66. The summed E-state index contributed by atoms with van der Waals surface area (Å²) in [6.07, 6.45) is -0.912. The largest absolute Gasteiger partial charge is 0.387 e. The molecule has 0 amide bonds. The van der Waals surface area contributed by atoms with Crippen LogP contribution in [0.5, 0.6) is 0 Å². The number of nitrogens with zero attached hydrogens (tertiary/aromatic N) is 1. The fourth-order valence-corrected chi connectivity index (χ4v) is 2.79. The third-order valence-corrected chi connectivity index (χ3v) is 4.45. The molecule has 2 aromatic carbocycles. The molecule has 0 fully saturated rings. The molecular formula is C20H26F2N2O. The van der Waals surface area contributed by atoms with Crippen LogP contribution in [0.4, 0.5) is 14.5 Å². The Labute approximate surface area is 148 Å². The zero-order valence-electron chi connectivity index (χ0n) is 15.0. The molecule has 2 N–H and O–H groups in total. The molecular weight excluding hydrogens is 322 g/mol. The van der Waals surface area contributed by atoms with Gasteiger partial charge in [-0.25, -0.2) is 8.78 Å². The van der Waals surface area contributed by atoms with Gasteiger partial charge in [-0.05, 0) is 56.2 Å². The van der Waals surface area contributed by atoms with Gasteiger partial charge >= 0.3 is 0 Å². The molecule has 0 aliphatic carbocycles. The molecule has 25 heavy (non-hydrogen) atoms. The Hall–Kier alpha value is -1.98. The third-order valence-electron chi connectivity index (χ3n) is 4.45. The van der Waals surface area contributed by atoms with Gasteiger partial charge in [-0.3, -0.25) is 0 Å². The lowest BCUT2D eigenvalue weighted by molar-refractivity contribution is 0.135. The molecule has 0 radical (unpaired) electrons. The summed E-state index contributed by atoms with van der Waals surface area (Å²) in [5.74, 6) is -1.86. The lowest BCUT2D eigenvalue weighted by Gasteiger charge is -2.22. The molecule has 136 valence electrons. The number of benzene rings is 2. The molecule has 2 rings (SSSR count). The summed E-state index contributed by atoms with van der Waals surface area (Å²) in [6.45, 7) is 8.58. The van der Waals surface area contributed by atoms with Gasteiger partial charge in [0.15, 0.2) is 11.6 Å². The number of nitrogens with one attached hydrogen (secondary N) is 1. The molecule has 0 aromatic heterocycles. The van der Waals surface area contributed by atoms with E-state index in [1.54, 1.807) is 0 Å². The number of aliphatic hydroxyl groups excluding tert-OH is 1. The normalized spacial score (nSPS) is 13.5. The van der Waals surface area contributed by atoms with Crippen LogP contribution in [0.25, 0.3) is 0 Å². The van der Waals surface area contributed by atoms with Gasteiger partial charge in [0.25, 0.3) is 0 Å². The number of hydrogen-bond donors (Lipinski definition) is 2. The van der Waals surface area contributed by atoms with E-state index in [1.165, 1.54) is 11.8 Å². The molecule has 0 bridgehead atoms. The zero-order valence-corrected chi connectivity index (χ0v) is 15.0. The molecule has 0 unspecified atom stereocenters. The van der Waals surface area contributed by atoms with Gasteiger partial charge < -0.3 is 15.3 Å². The molecule has 0 aliphatic rings. The maximum absolute atomic E-state index is 13.3. The molecule has 0 aliphatic heterocycles. The molecule has 3 nitrogen and oxygen atoms in total. The number of halogens is 2. The van der Waals surface area contributed by atoms with Gasteiger partial charge in [-0.2, -0.15) is 0 Å². The van der Waals surface area contributed by atoms with E-state index in [9.17, 15) is 13.9 Å². The Bertz CT molecular complexity index is 672. The third kappa shape index (κ3) is 5.00. The van der Waals surface area contributed by atoms with Crippen LogP contribution >= 0.6 is 0 Å². The van der Waals surface area contributed by atoms with E-state index in [-0.39, 0.29) is 6.04 Å². The highest BCUT2D eigenvalue weighted by Crippen LogP contribution is 2.20. The fraction of sp³-hybridized carbons (Fsp3) is 0.400. The Kier molecular flexibility index (Phi) is 6.91. The quantitative estimate of drug-likeness (QED) is 0.756. The number of rotatable bonds is 8. The van der Waals surface area contributed by atoms with Crippen LogP contribution in [0.1, 0.15) is 38.0 Å². The predicted octanol–water partition coefficient (Wildman–Crippen LogP) is 4.02.